The molecule has 112 valence electrons. The quantitative estimate of drug-likeness (QED) is 0.862. The van der Waals surface area contributed by atoms with E-state index in [1.54, 1.807) is 16.6 Å². The molecule has 1 aliphatic carbocycles. The molecule has 3 rings (SSSR count). The van der Waals surface area contributed by atoms with Crippen molar-refractivity contribution in [3.63, 3.8) is 0 Å². The molecule has 0 amide bonds. The van der Waals surface area contributed by atoms with Gasteiger partial charge in [-0.3, -0.25) is 0 Å². The molecule has 20 heavy (non-hydrogen) atoms. The Morgan fingerprint density at radius 3 is 3.00 bits per heavy atom. The van der Waals surface area contributed by atoms with Crippen LogP contribution in [-0.2, 0) is 16.6 Å². The third kappa shape index (κ3) is 3.21. The van der Waals surface area contributed by atoms with Crippen molar-refractivity contribution in [2.45, 2.75) is 42.5 Å². The SMILES string of the molecule is CC1CN(S(=O)(=O)c2c[nH]c(CNC3CC3)c2)CCS1. The number of rotatable bonds is 5. The van der Waals surface area contributed by atoms with Gasteiger partial charge >= 0.3 is 0 Å². The number of aromatic amines is 1. The van der Waals surface area contributed by atoms with Crippen molar-refractivity contribution < 1.29 is 8.42 Å². The van der Waals surface area contributed by atoms with Crippen molar-refractivity contribution in [3.05, 3.63) is 18.0 Å². The van der Waals surface area contributed by atoms with Gasteiger partial charge in [-0.1, -0.05) is 6.92 Å². The summed E-state index contributed by atoms with van der Waals surface area (Å²) in [6.07, 6.45) is 4.08. The molecule has 2 N–H and O–H groups in total. The number of nitrogens with zero attached hydrogens (tertiary/aromatic N) is 1. The first-order valence-electron chi connectivity index (χ1n) is 7.08. The van der Waals surface area contributed by atoms with Crippen molar-refractivity contribution in [2.24, 2.45) is 0 Å². The maximum atomic E-state index is 12.6. The van der Waals surface area contributed by atoms with Crippen LogP contribution >= 0.6 is 11.8 Å². The van der Waals surface area contributed by atoms with Gasteiger partial charge in [-0.05, 0) is 18.9 Å². The zero-order chi connectivity index (χ0) is 14.2. The first-order valence-corrected chi connectivity index (χ1v) is 9.57. The van der Waals surface area contributed by atoms with E-state index < -0.39 is 10.0 Å². The molecule has 0 aromatic carbocycles. The molecule has 1 saturated carbocycles. The highest BCUT2D eigenvalue weighted by Crippen LogP contribution is 2.25. The Morgan fingerprint density at radius 1 is 1.50 bits per heavy atom. The molecule has 2 heterocycles. The highest BCUT2D eigenvalue weighted by atomic mass is 32.2. The maximum absolute atomic E-state index is 12.6. The number of aromatic nitrogens is 1. The van der Waals surface area contributed by atoms with E-state index in [4.69, 9.17) is 0 Å². The predicted molar refractivity (Wildman–Crippen MR) is 81.3 cm³/mol. The monoisotopic (exact) mass is 315 g/mol. The summed E-state index contributed by atoms with van der Waals surface area (Å²) in [6, 6.07) is 2.38. The number of hydrogen-bond donors (Lipinski definition) is 2. The topological polar surface area (TPSA) is 65.2 Å². The van der Waals surface area contributed by atoms with E-state index in [9.17, 15) is 8.42 Å². The van der Waals surface area contributed by atoms with Crippen molar-refractivity contribution in [2.75, 3.05) is 18.8 Å². The standard InChI is InChI=1S/C13H21N3O2S2/c1-10-9-16(4-5-19-10)20(17,18)13-6-12(15-8-13)7-14-11-2-3-11/h6,8,10-11,14-15H,2-5,7,9H2,1H3. The van der Waals surface area contributed by atoms with Gasteiger partial charge in [0, 0.05) is 48.6 Å². The molecule has 1 aliphatic heterocycles. The van der Waals surface area contributed by atoms with Crippen molar-refractivity contribution in [1.82, 2.24) is 14.6 Å². The smallest absolute Gasteiger partial charge is 0.244 e. The third-order valence-electron chi connectivity index (χ3n) is 3.72. The van der Waals surface area contributed by atoms with Crippen LogP contribution in [0, 0.1) is 0 Å². The Hall–Kier alpha value is -0.500. The average molecular weight is 315 g/mol. The average Bonchev–Trinajstić information content (AvgIpc) is 3.12. The zero-order valence-electron chi connectivity index (χ0n) is 11.6. The molecule has 1 aromatic rings. The van der Waals surface area contributed by atoms with Crippen molar-refractivity contribution >= 4 is 21.8 Å². The summed E-state index contributed by atoms with van der Waals surface area (Å²) >= 11 is 1.83. The van der Waals surface area contributed by atoms with E-state index in [0.29, 0.717) is 35.8 Å². The summed E-state index contributed by atoms with van der Waals surface area (Å²) in [6.45, 7) is 4.01. The van der Waals surface area contributed by atoms with Crippen LogP contribution in [0.15, 0.2) is 17.2 Å². The largest absolute Gasteiger partial charge is 0.363 e. The zero-order valence-corrected chi connectivity index (χ0v) is 13.3. The molecule has 1 atom stereocenters. The molecule has 0 bridgehead atoms. The van der Waals surface area contributed by atoms with E-state index in [1.807, 2.05) is 11.8 Å². The van der Waals surface area contributed by atoms with Gasteiger partial charge in [0.05, 0.1) is 4.90 Å². The number of thioether (sulfide) groups is 1. The van der Waals surface area contributed by atoms with Crippen molar-refractivity contribution in [1.29, 1.82) is 0 Å². The molecule has 1 unspecified atom stereocenters. The van der Waals surface area contributed by atoms with Gasteiger partial charge in [0.2, 0.25) is 10.0 Å². The van der Waals surface area contributed by atoms with Crippen LogP contribution in [-0.4, -0.2) is 47.8 Å². The summed E-state index contributed by atoms with van der Waals surface area (Å²) in [5.74, 6) is 0.876. The fourth-order valence-electron chi connectivity index (χ4n) is 2.37. The van der Waals surface area contributed by atoms with E-state index in [0.717, 1.165) is 11.4 Å². The van der Waals surface area contributed by atoms with Crippen LogP contribution in [0.1, 0.15) is 25.5 Å². The number of sulfonamides is 1. The molecule has 2 aliphatic rings. The molecular weight excluding hydrogens is 294 g/mol. The Labute approximate surface area is 124 Å². The van der Waals surface area contributed by atoms with Crippen molar-refractivity contribution in [3.8, 4) is 0 Å². The van der Waals surface area contributed by atoms with Crippen LogP contribution in [0.3, 0.4) is 0 Å². The summed E-state index contributed by atoms with van der Waals surface area (Å²) in [4.78, 5) is 3.46. The van der Waals surface area contributed by atoms with Gasteiger partial charge in [-0.25, -0.2) is 8.42 Å². The second kappa shape index (κ2) is 5.71. The normalized spacial score (nSPS) is 24.9. The minimum absolute atomic E-state index is 0.369. The first-order chi connectivity index (χ1) is 9.55. The van der Waals surface area contributed by atoms with E-state index in [2.05, 4.69) is 17.2 Å². The second-order valence-corrected chi connectivity index (χ2v) is 9.04. The third-order valence-corrected chi connectivity index (χ3v) is 6.70. The predicted octanol–water partition coefficient (Wildman–Crippen LogP) is 1.39. The van der Waals surface area contributed by atoms with Gasteiger partial charge in [0.25, 0.3) is 0 Å². The summed E-state index contributed by atoms with van der Waals surface area (Å²) in [5, 5.41) is 3.75. The Bertz CT molecular complexity index is 566. The molecule has 0 spiro atoms. The number of nitrogens with one attached hydrogen (secondary N) is 2. The van der Waals surface area contributed by atoms with Gasteiger partial charge in [-0.2, -0.15) is 16.1 Å². The Kier molecular flexibility index (Phi) is 4.12. The summed E-state index contributed by atoms with van der Waals surface area (Å²) < 4.78 is 26.8. The summed E-state index contributed by atoms with van der Waals surface area (Å²) in [7, 11) is -3.34. The fraction of sp³-hybridized carbons (Fsp3) is 0.692. The lowest BCUT2D eigenvalue weighted by Gasteiger charge is -2.29. The Morgan fingerprint density at radius 2 is 2.30 bits per heavy atom. The highest BCUT2D eigenvalue weighted by molar-refractivity contribution is 8.00. The molecule has 7 heteroatoms. The van der Waals surface area contributed by atoms with Gasteiger partial charge < -0.3 is 10.3 Å². The molecule has 5 nitrogen and oxygen atoms in total. The molecule has 0 radical (unpaired) electrons. The van der Waals surface area contributed by atoms with Crippen LogP contribution in [0.2, 0.25) is 0 Å². The fourth-order valence-corrected chi connectivity index (χ4v) is 5.14. The highest BCUT2D eigenvalue weighted by Gasteiger charge is 2.29. The van der Waals surface area contributed by atoms with Crippen LogP contribution in [0.5, 0.6) is 0 Å². The minimum atomic E-state index is -3.34. The van der Waals surface area contributed by atoms with Crippen LogP contribution in [0.25, 0.3) is 0 Å². The lowest BCUT2D eigenvalue weighted by atomic mass is 10.4. The van der Waals surface area contributed by atoms with Gasteiger partial charge in [0.15, 0.2) is 0 Å². The molecule has 1 saturated heterocycles. The maximum Gasteiger partial charge on any atom is 0.244 e. The first kappa shape index (κ1) is 14.4. The lowest BCUT2D eigenvalue weighted by Crippen LogP contribution is -2.40. The van der Waals surface area contributed by atoms with Crippen LogP contribution < -0.4 is 5.32 Å². The molecule has 1 aromatic heterocycles. The number of H-pyrrole nitrogens is 1. The van der Waals surface area contributed by atoms with Gasteiger partial charge in [-0.15, -0.1) is 0 Å². The summed E-state index contributed by atoms with van der Waals surface area (Å²) in [5.41, 5.74) is 0.940. The lowest BCUT2D eigenvalue weighted by molar-refractivity contribution is 0.424. The molecule has 2 fully saturated rings. The Balaban J connectivity index is 1.69. The van der Waals surface area contributed by atoms with E-state index in [1.165, 1.54) is 12.8 Å². The number of hydrogen-bond acceptors (Lipinski definition) is 4. The van der Waals surface area contributed by atoms with Crippen LogP contribution in [0.4, 0.5) is 0 Å². The minimum Gasteiger partial charge on any atom is -0.363 e. The molecular formula is C13H21N3O2S2. The van der Waals surface area contributed by atoms with E-state index in [-0.39, 0.29) is 0 Å². The van der Waals surface area contributed by atoms with Gasteiger partial charge in [0.1, 0.15) is 0 Å². The second-order valence-electron chi connectivity index (χ2n) is 5.56. The van der Waals surface area contributed by atoms with E-state index >= 15 is 0 Å².